The van der Waals surface area contributed by atoms with Crippen LogP contribution in [0.4, 0.5) is 11.8 Å². The van der Waals surface area contributed by atoms with E-state index in [0.29, 0.717) is 25.5 Å². The number of hydrogen-bond acceptors (Lipinski definition) is 7. The highest BCUT2D eigenvalue weighted by molar-refractivity contribution is 5.42. The number of aromatic nitrogens is 3. The molecule has 2 N–H and O–H groups in total. The third-order valence-corrected chi connectivity index (χ3v) is 3.83. The summed E-state index contributed by atoms with van der Waals surface area (Å²) in [6.07, 6.45) is 1.99. The standard InChI is InChI=1S/C15H21N5O2/c1-3-16-14-4-5-17-15(18-14)20-8-11(13(21)9-20)7-12-6-10(2)19-22-12/h4-6,11,13,21H,3,7-9H2,1-2H3,(H,16,17,18)/t11-,13+/m1/s1. The second-order valence-corrected chi connectivity index (χ2v) is 5.64. The van der Waals surface area contributed by atoms with Gasteiger partial charge in [-0.05, 0) is 19.9 Å². The molecule has 1 aliphatic heterocycles. The Labute approximate surface area is 129 Å². The number of nitrogens with zero attached hydrogens (tertiary/aromatic N) is 4. The molecule has 1 saturated heterocycles. The molecule has 0 unspecified atom stereocenters. The Balaban J connectivity index is 1.68. The van der Waals surface area contributed by atoms with Crippen LogP contribution >= 0.6 is 0 Å². The minimum absolute atomic E-state index is 0.0961. The van der Waals surface area contributed by atoms with Crippen molar-refractivity contribution in [2.24, 2.45) is 5.92 Å². The highest BCUT2D eigenvalue weighted by atomic mass is 16.5. The molecule has 7 nitrogen and oxygen atoms in total. The Kier molecular flexibility index (Phi) is 4.24. The van der Waals surface area contributed by atoms with E-state index in [1.807, 2.05) is 30.9 Å². The minimum atomic E-state index is -0.420. The first-order valence-electron chi connectivity index (χ1n) is 7.58. The van der Waals surface area contributed by atoms with Crippen LogP contribution in [-0.4, -0.2) is 46.0 Å². The van der Waals surface area contributed by atoms with Crippen LogP contribution in [0.25, 0.3) is 0 Å². The summed E-state index contributed by atoms with van der Waals surface area (Å²) in [7, 11) is 0. The van der Waals surface area contributed by atoms with E-state index in [2.05, 4.69) is 20.4 Å². The Morgan fingerprint density at radius 1 is 1.45 bits per heavy atom. The molecule has 22 heavy (non-hydrogen) atoms. The number of nitrogens with one attached hydrogen (secondary N) is 1. The lowest BCUT2D eigenvalue weighted by atomic mass is 10.0. The molecule has 3 rings (SSSR count). The highest BCUT2D eigenvalue weighted by Crippen LogP contribution is 2.25. The maximum Gasteiger partial charge on any atom is 0.227 e. The van der Waals surface area contributed by atoms with Gasteiger partial charge < -0.3 is 19.8 Å². The molecule has 0 saturated carbocycles. The van der Waals surface area contributed by atoms with Crippen molar-refractivity contribution in [1.29, 1.82) is 0 Å². The van der Waals surface area contributed by atoms with E-state index in [0.717, 1.165) is 23.8 Å². The molecule has 0 aromatic carbocycles. The smallest absolute Gasteiger partial charge is 0.227 e. The molecule has 2 aromatic heterocycles. The van der Waals surface area contributed by atoms with Crippen LogP contribution in [0.5, 0.6) is 0 Å². The molecule has 1 aliphatic rings. The fraction of sp³-hybridized carbons (Fsp3) is 0.533. The van der Waals surface area contributed by atoms with Gasteiger partial charge in [-0.25, -0.2) is 4.98 Å². The van der Waals surface area contributed by atoms with Crippen molar-refractivity contribution >= 4 is 11.8 Å². The Morgan fingerprint density at radius 3 is 3.05 bits per heavy atom. The van der Waals surface area contributed by atoms with E-state index in [9.17, 15) is 5.11 Å². The molecule has 0 amide bonds. The quantitative estimate of drug-likeness (QED) is 0.859. The van der Waals surface area contributed by atoms with Crippen LogP contribution in [0, 0.1) is 12.8 Å². The molecule has 0 bridgehead atoms. The van der Waals surface area contributed by atoms with Crippen molar-refractivity contribution < 1.29 is 9.63 Å². The van der Waals surface area contributed by atoms with E-state index in [-0.39, 0.29) is 5.92 Å². The molecular formula is C15H21N5O2. The van der Waals surface area contributed by atoms with Gasteiger partial charge in [0.1, 0.15) is 11.6 Å². The summed E-state index contributed by atoms with van der Waals surface area (Å²) in [6.45, 7) is 5.97. The van der Waals surface area contributed by atoms with Gasteiger partial charge in [0.25, 0.3) is 0 Å². The zero-order chi connectivity index (χ0) is 15.5. The second-order valence-electron chi connectivity index (χ2n) is 5.64. The molecule has 7 heteroatoms. The highest BCUT2D eigenvalue weighted by Gasteiger charge is 2.33. The number of aliphatic hydroxyl groups is 1. The summed E-state index contributed by atoms with van der Waals surface area (Å²) in [5, 5.41) is 17.3. The molecule has 1 fully saturated rings. The molecule has 2 aromatic rings. The Morgan fingerprint density at radius 2 is 2.32 bits per heavy atom. The molecule has 0 spiro atoms. The summed E-state index contributed by atoms with van der Waals surface area (Å²) in [5.41, 5.74) is 0.862. The van der Waals surface area contributed by atoms with Gasteiger partial charge in [-0.15, -0.1) is 0 Å². The van der Waals surface area contributed by atoms with Crippen LogP contribution in [0.2, 0.25) is 0 Å². The predicted octanol–water partition coefficient (Wildman–Crippen LogP) is 1.24. The number of hydrogen-bond donors (Lipinski definition) is 2. The van der Waals surface area contributed by atoms with Crippen molar-refractivity contribution in [1.82, 2.24) is 15.1 Å². The summed E-state index contributed by atoms with van der Waals surface area (Å²) >= 11 is 0. The number of β-amino-alcohol motifs (C(OH)–C–C–N with tert-alkyl or cyclic N) is 1. The van der Waals surface area contributed by atoms with Crippen molar-refractivity contribution in [3.63, 3.8) is 0 Å². The number of anilines is 2. The zero-order valence-corrected chi connectivity index (χ0v) is 12.9. The van der Waals surface area contributed by atoms with Crippen LogP contribution in [0.1, 0.15) is 18.4 Å². The molecule has 0 aliphatic carbocycles. The van der Waals surface area contributed by atoms with Gasteiger partial charge in [-0.3, -0.25) is 0 Å². The van der Waals surface area contributed by atoms with E-state index in [1.54, 1.807) is 6.20 Å². The predicted molar refractivity (Wildman–Crippen MR) is 82.8 cm³/mol. The molecular weight excluding hydrogens is 282 g/mol. The van der Waals surface area contributed by atoms with Gasteiger partial charge in [-0.1, -0.05) is 5.16 Å². The van der Waals surface area contributed by atoms with E-state index < -0.39 is 6.10 Å². The van der Waals surface area contributed by atoms with Gasteiger partial charge in [0.05, 0.1) is 11.8 Å². The first-order chi connectivity index (χ1) is 10.7. The fourth-order valence-electron chi connectivity index (χ4n) is 2.77. The van der Waals surface area contributed by atoms with Crippen molar-refractivity contribution in [2.45, 2.75) is 26.4 Å². The van der Waals surface area contributed by atoms with Gasteiger partial charge in [0.15, 0.2) is 0 Å². The van der Waals surface area contributed by atoms with Crippen LogP contribution in [0.15, 0.2) is 22.9 Å². The van der Waals surface area contributed by atoms with Crippen molar-refractivity contribution in [3.8, 4) is 0 Å². The summed E-state index contributed by atoms with van der Waals surface area (Å²) in [6, 6.07) is 3.76. The summed E-state index contributed by atoms with van der Waals surface area (Å²) in [4.78, 5) is 10.8. The summed E-state index contributed by atoms with van der Waals surface area (Å²) < 4.78 is 5.25. The molecule has 3 heterocycles. The Bertz CT molecular complexity index is 630. The SMILES string of the molecule is CCNc1ccnc(N2C[C@@H](Cc3cc(C)no3)[C@@H](O)C2)n1. The average molecular weight is 303 g/mol. The first kappa shape index (κ1) is 14.8. The largest absolute Gasteiger partial charge is 0.391 e. The first-order valence-corrected chi connectivity index (χ1v) is 7.58. The van der Waals surface area contributed by atoms with Crippen molar-refractivity contribution in [2.75, 3.05) is 29.9 Å². The third kappa shape index (κ3) is 3.19. The number of aryl methyl sites for hydroxylation is 1. The lowest BCUT2D eigenvalue weighted by molar-refractivity contribution is 0.143. The normalized spacial score (nSPS) is 21.3. The van der Waals surface area contributed by atoms with Crippen LogP contribution in [0.3, 0.4) is 0 Å². The van der Waals surface area contributed by atoms with Gasteiger partial charge >= 0.3 is 0 Å². The maximum absolute atomic E-state index is 10.3. The van der Waals surface area contributed by atoms with Crippen LogP contribution < -0.4 is 10.2 Å². The average Bonchev–Trinajstić information content (AvgIpc) is 3.07. The van der Waals surface area contributed by atoms with Gasteiger partial charge in [-0.2, -0.15) is 4.98 Å². The molecule has 0 radical (unpaired) electrons. The lowest BCUT2D eigenvalue weighted by Crippen LogP contribution is -2.23. The summed E-state index contributed by atoms with van der Waals surface area (Å²) in [5.74, 6) is 2.36. The van der Waals surface area contributed by atoms with Gasteiger partial charge in [0.2, 0.25) is 5.95 Å². The van der Waals surface area contributed by atoms with E-state index in [4.69, 9.17) is 4.52 Å². The van der Waals surface area contributed by atoms with Gasteiger partial charge in [0, 0.05) is 44.2 Å². The third-order valence-electron chi connectivity index (χ3n) is 3.83. The monoisotopic (exact) mass is 303 g/mol. The Hall–Kier alpha value is -2.15. The van der Waals surface area contributed by atoms with Crippen molar-refractivity contribution in [3.05, 3.63) is 29.8 Å². The molecule has 118 valence electrons. The maximum atomic E-state index is 10.3. The molecule has 2 atom stereocenters. The number of aliphatic hydroxyl groups excluding tert-OH is 1. The topological polar surface area (TPSA) is 87.3 Å². The minimum Gasteiger partial charge on any atom is -0.391 e. The lowest BCUT2D eigenvalue weighted by Gasteiger charge is -2.16. The van der Waals surface area contributed by atoms with E-state index in [1.165, 1.54) is 0 Å². The van der Waals surface area contributed by atoms with Crippen LogP contribution in [-0.2, 0) is 6.42 Å². The number of rotatable bonds is 5. The van der Waals surface area contributed by atoms with E-state index >= 15 is 0 Å². The fourth-order valence-corrected chi connectivity index (χ4v) is 2.77. The zero-order valence-electron chi connectivity index (χ0n) is 12.9. The second kappa shape index (κ2) is 6.31.